The third-order valence-corrected chi connectivity index (χ3v) is 8.23. The fourth-order valence-electron chi connectivity index (χ4n) is 3.44. The van der Waals surface area contributed by atoms with Crippen molar-refractivity contribution >= 4 is 29.4 Å². The summed E-state index contributed by atoms with van der Waals surface area (Å²) in [7, 11) is 3.31. The Morgan fingerprint density at radius 2 is 1.75 bits per heavy atom. The van der Waals surface area contributed by atoms with Crippen LogP contribution in [0.4, 0.5) is 0 Å². The summed E-state index contributed by atoms with van der Waals surface area (Å²) in [6, 6.07) is 14.2. The lowest BCUT2D eigenvalue weighted by Gasteiger charge is -2.24. The summed E-state index contributed by atoms with van der Waals surface area (Å²) in [6.07, 6.45) is 2.12. The lowest BCUT2D eigenvalue weighted by atomic mass is 10.1. The average Bonchev–Trinajstić information content (AvgIpc) is 3.44. The van der Waals surface area contributed by atoms with Crippen molar-refractivity contribution < 1.29 is 14.3 Å². The summed E-state index contributed by atoms with van der Waals surface area (Å²) < 4.78 is 11.4. The highest BCUT2D eigenvalue weighted by Crippen LogP contribution is 2.45. The fraction of sp³-hybridized carbons (Fsp3) is 0.409. The van der Waals surface area contributed by atoms with E-state index in [0.29, 0.717) is 17.2 Å². The van der Waals surface area contributed by atoms with E-state index in [4.69, 9.17) is 9.47 Å². The second kappa shape index (κ2) is 8.70. The molecule has 28 heavy (non-hydrogen) atoms. The molecule has 1 aliphatic carbocycles. The lowest BCUT2D eigenvalue weighted by Crippen LogP contribution is -2.32. The van der Waals surface area contributed by atoms with E-state index in [1.54, 1.807) is 14.2 Å². The van der Waals surface area contributed by atoms with Crippen LogP contribution in [0.3, 0.4) is 0 Å². The van der Waals surface area contributed by atoms with Crippen LogP contribution in [-0.2, 0) is 6.54 Å². The maximum atomic E-state index is 13.3. The SMILES string of the molecule is COc1ccc(OC)c(CN(C(=O)c2ccc(C3SCCS3)cc2)C2CC2)c1. The quantitative estimate of drug-likeness (QED) is 0.637. The molecule has 148 valence electrons. The minimum Gasteiger partial charge on any atom is -0.497 e. The largest absolute Gasteiger partial charge is 0.497 e. The summed E-state index contributed by atoms with van der Waals surface area (Å²) in [5.41, 5.74) is 3.03. The predicted octanol–water partition coefficient (Wildman–Crippen LogP) is 4.99. The summed E-state index contributed by atoms with van der Waals surface area (Å²) in [5, 5.41) is 0. The first kappa shape index (κ1) is 19.5. The minimum absolute atomic E-state index is 0.0886. The molecule has 0 spiro atoms. The van der Waals surface area contributed by atoms with Gasteiger partial charge >= 0.3 is 0 Å². The molecule has 1 heterocycles. The van der Waals surface area contributed by atoms with Crippen molar-refractivity contribution in [3.63, 3.8) is 0 Å². The molecule has 4 nitrogen and oxygen atoms in total. The number of rotatable bonds is 7. The number of thioether (sulfide) groups is 2. The number of nitrogens with zero attached hydrogens (tertiary/aromatic N) is 1. The molecule has 0 atom stereocenters. The Labute approximate surface area is 175 Å². The van der Waals surface area contributed by atoms with Gasteiger partial charge in [-0.1, -0.05) is 12.1 Å². The van der Waals surface area contributed by atoms with Crippen molar-refractivity contribution in [3.05, 3.63) is 59.2 Å². The van der Waals surface area contributed by atoms with Crippen molar-refractivity contribution in [1.29, 1.82) is 0 Å². The van der Waals surface area contributed by atoms with E-state index in [1.807, 2.05) is 58.8 Å². The van der Waals surface area contributed by atoms with E-state index >= 15 is 0 Å². The van der Waals surface area contributed by atoms with Gasteiger partial charge < -0.3 is 14.4 Å². The number of carbonyl (C=O) groups excluding carboxylic acids is 1. The maximum Gasteiger partial charge on any atom is 0.254 e. The van der Waals surface area contributed by atoms with E-state index < -0.39 is 0 Å². The van der Waals surface area contributed by atoms with E-state index in [1.165, 1.54) is 17.1 Å². The summed E-state index contributed by atoms with van der Waals surface area (Å²) >= 11 is 3.96. The van der Waals surface area contributed by atoms with E-state index in [2.05, 4.69) is 12.1 Å². The Kier molecular flexibility index (Phi) is 6.07. The van der Waals surface area contributed by atoms with Gasteiger partial charge in [0.25, 0.3) is 5.91 Å². The number of carbonyl (C=O) groups is 1. The molecule has 1 saturated carbocycles. The molecule has 2 aromatic carbocycles. The lowest BCUT2D eigenvalue weighted by molar-refractivity contribution is 0.0728. The Morgan fingerprint density at radius 1 is 1.04 bits per heavy atom. The molecule has 0 unspecified atom stereocenters. The van der Waals surface area contributed by atoms with Gasteiger partial charge in [0.15, 0.2) is 0 Å². The molecule has 2 aromatic rings. The summed E-state index contributed by atoms with van der Waals surface area (Å²) in [6.45, 7) is 0.528. The van der Waals surface area contributed by atoms with Crippen LogP contribution < -0.4 is 9.47 Å². The topological polar surface area (TPSA) is 38.8 Å². The Balaban J connectivity index is 1.54. The molecular weight excluding hydrogens is 390 g/mol. The number of hydrogen-bond acceptors (Lipinski definition) is 5. The first-order chi connectivity index (χ1) is 13.7. The molecule has 1 saturated heterocycles. The normalized spacial score (nSPS) is 16.8. The maximum absolute atomic E-state index is 13.3. The van der Waals surface area contributed by atoms with Crippen molar-refractivity contribution in [2.75, 3.05) is 25.7 Å². The average molecular weight is 416 g/mol. The standard InChI is InChI=1S/C22H25NO3S2/c1-25-19-9-10-20(26-2)17(13-19)14-23(18-7-8-18)21(24)15-3-5-16(6-4-15)22-27-11-12-28-22/h3-6,9-10,13,18,22H,7-8,11-12,14H2,1-2H3. The summed E-state index contributed by atoms with van der Waals surface area (Å²) in [5.74, 6) is 4.05. The van der Waals surface area contributed by atoms with E-state index in [9.17, 15) is 4.79 Å². The molecule has 0 N–H and O–H groups in total. The van der Waals surface area contributed by atoms with Crippen LogP contribution in [0.2, 0.25) is 0 Å². The number of benzene rings is 2. The number of ether oxygens (including phenoxy) is 2. The van der Waals surface area contributed by atoms with Gasteiger partial charge in [-0.3, -0.25) is 4.79 Å². The number of hydrogen-bond donors (Lipinski definition) is 0. The highest BCUT2D eigenvalue weighted by atomic mass is 32.2. The van der Waals surface area contributed by atoms with Crippen LogP contribution in [0.1, 0.15) is 38.9 Å². The first-order valence-corrected chi connectivity index (χ1v) is 11.6. The number of amides is 1. The first-order valence-electron chi connectivity index (χ1n) is 9.54. The third kappa shape index (κ3) is 4.28. The molecule has 6 heteroatoms. The predicted molar refractivity (Wildman–Crippen MR) is 117 cm³/mol. The zero-order valence-corrected chi connectivity index (χ0v) is 17.9. The van der Waals surface area contributed by atoms with Crippen molar-refractivity contribution in [2.24, 2.45) is 0 Å². The van der Waals surface area contributed by atoms with E-state index in [0.717, 1.165) is 35.5 Å². The highest BCUT2D eigenvalue weighted by Gasteiger charge is 2.33. The zero-order chi connectivity index (χ0) is 19.5. The molecule has 0 bridgehead atoms. The van der Waals surface area contributed by atoms with Gasteiger partial charge in [-0.2, -0.15) is 0 Å². The second-order valence-corrected chi connectivity index (χ2v) is 9.76. The molecule has 2 fully saturated rings. The van der Waals surface area contributed by atoms with Gasteiger partial charge in [0.1, 0.15) is 11.5 Å². The minimum atomic E-state index is 0.0886. The van der Waals surface area contributed by atoms with Crippen LogP contribution in [0.5, 0.6) is 11.5 Å². The van der Waals surface area contributed by atoms with Crippen molar-refractivity contribution in [3.8, 4) is 11.5 Å². The van der Waals surface area contributed by atoms with E-state index in [-0.39, 0.29) is 5.91 Å². The van der Waals surface area contributed by atoms with Crippen molar-refractivity contribution in [2.45, 2.75) is 30.0 Å². The molecular formula is C22H25NO3S2. The molecule has 1 aliphatic heterocycles. The van der Waals surface area contributed by atoms with Crippen molar-refractivity contribution in [1.82, 2.24) is 4.90 Å². The van der Waals surface area contributed by atoms with Crippen LogP contribution in [0.25, 0.3) is 0 Å². The zero-order valence-electron chi connectivity index (χ0n) is 16.2. The molecule has 2 aliphatic rings. The van der Waals surface area contributed by atoms with Crippen LogP contribution in [0, 0.1) is 0 Å². The number of methoxy groups -OCH3 is 2. The van der Waals surface area contributed by atoms with Crippen LogP contribution in [-0.4, -0.2) is 42.6 Å². The molecule has 0 radical (unpaired) electrons. The molecule has 4 rings (SSSR count). The smallest absolute Gasteiger partial charge is 0.254 e. The van der Waals surface area contributed by atoms with Gasteiger partial charge in [0, 0.05) is 28.7 Å². The monoisotopic (exact) mass is 415 g/mol. The van der Waals surface area contributed by atoms with Gasteiger partial charge in [0.05, 0.1) is 25.3 Å². The van der Waals surface area contributed by atoms with Gasteiger partial charge in [-0.05, 0) is 48.7 Å². The molecule has 1 amide bonds. The highest BCUT2D eigenvalue weighted by molar-refractivity contribution is 8.19. The van der Waals surface area contributed by atoms with Crippen LogP contribution >= 0.6 is 23.5 Å². The Hall–Kier alpha value is -1.79. The van der Waals surface area contributed by atoms with Gasteiger partial charge in [-0.15, -0.1) is 23.5 Å². The second-order valence-electron chi connectivity index (χ2n) is 7.04. The Bertz CT molecular complexity index is 830. The summed E-state index contributed by atoms with van der Waals surface area (Å²) in [4.78, 5) is 15.2. The third-order valence-electron chi connectivity index (χ3n) is 5.13. The molecule has 0 aromatic heterocycles. The van der Waals surface area contributed by atoms with Gasteiger partial charge in [0.2, 0.25) is 0 Å². The van der Waals surface area contributed by atoms with Gasteiger partial charge in [-0.25, -0.2) is 0 Å². The fourth-order valence-corrected chi connectivity index (χ4v) is 6.30. The van der Waals surface area contributed by atoms with Crippen LogP contribution in [0.15, 0.2) is 42.5 Å². The Morgan fingerprint density at radius 3 is 2.36 bits per heavy atom.